The van der Waals surface area contributed by atoms with Crippen molar-refractivity contribution in [3.8, 4) is 11.8 Å². The molecule has 0 unspecified atom stereocenters. The zero-order chi connectivity index (χ0) is 11.4. The summed E-state index contributed by atoms with van der Waals surface area (Å²) in [6.45, 7) is 0. The molecule has 2 aromatic rings. The molecule has 0 bridgehead atoms. The van der Waals surface area contributed by atoms with E-state index in [1.54, 1.807) is 6.20 Å². The van der Waals surface area contributed by atoms with Crippen LogP contribution in [-0.2, 0) is 0 Å². The fraction of sp³-hybridized carbons (Fsp3) is 0.0909. The number of nitriles is 1. The number of rotatable bonds is 3. The standard InChI is InChI=1S/C11H8BrN3S/c12-9-1-3-10(4-2-9)15-7-6-14-11(15)16-8-5-13/h1-4,6-7H,8H2. The third kappa shape index (κ3) is 2.46. The monoisotopic (exact) mass is 293 g/mol. The lowest BCUT2D eigenvalue weighted by Gasteiger charge is -2.05. The van der Waals surface area contributed by atoms with Crippen LogP contribution in [-0.4, -0.2) is 15.3 Å². The number of hydrogen-bond acceptors (Lipinski definition) is 3. The maximum Gasteiger partial charge on any atom is 0.173 e. The number of hydrogen-bond donors (Lipinski definition) is 0. The molecule has 0 N–H and O–H groups in total. The maximum absolute atomic E-state index is 8.55. The van der Waals surface area contributed by atoms with Gasteiger partial charge in [0.1, 0.15) is 0 Å². The van der Waals surface area contributed by atoms with Crippen molar-refractivity contribution < 1.29 is 0 Å². The molecule has 16 heavy (non-hydrogen) atoms. The first kappa shape index (κ1) is 11.2. The third-order valence-electron chi connectivity index (χ3n) is 1.98. The summed E-state index contributed by atoms with van der Waals surface area (Å²) < 4.78 is 3.01. The van der Waals surface area contributed by atoms with Gasteiger partial charge in [0.25, 0.3) is 0 Å². The summed E-state index contributed by atoms with van der Waals surface area (Å²) >= 11 is 4.83. The van der Waals surface area contributed by atoms with E-state index in [4.69, 9.17) is 5.26 Å². The smallest absolute Gasteiger partial charge is 0.173 e. The average Bonchev–Trinajstić information content (AvgIpc) is 2.75. The van der Waals surface area contributed by atoms with Gasteiger partial charge in [0.15, 0.2) is 5.16 Å². The lowest BCUT2D eigenvalue weighted by molar-refractivity contribution is 0.896. The number of imidazole rings is 1. The number of nitrogens with zero attached hydrogens (tertiary/aromatic N) is 3. The van der Waals surface area contributed by atoms with Crippen molar-refractivity contribution >= 4 is 27.7 Å². The molecule has 1 heterocycles. The highest BCUT2D eigenvalue weighted by molar-refractivity contribution is 9.10. The zero-order valence-electron chi connectivity index (χ0n) is 8.30. The number of aromatic nitrogens is 2. The molecule has 0 atom stereocenters. The average molecular weight is 294 g/mol. The van der Waals surface area contributed by atoms with Gasteiger partial charge in [-0.2, -0.15) is 5.26 Å². The molecule has 0 amide bonds. The Bertz CT molecular complexity index is 513. The maximum atomic E-state index is 8.55. The minimum Gasteiger partial charge on any atom is -0.295 e. The zero-order valence-corrected chi connectivity index (χ0v) is 10.7. The molecule has 80 valence electrons. The molecule has 0 aliphatic heterocycles. The summed E-state index contributed by atoms with van der Waals surface area (Å²) in [5.74, 6) is 0.410. The van der Waals surface area contributed by atoms with E-state index in [-0.39, 0.29) is 0 Å². The minimum atomic E-state index is 0.410. The lowest BCUT2D eigenvalue weighted by Crippen LogP contribution is -1.94. The van der Waals surface area contributed by atoms with Crippen LogP contribution in [0.5, 0.6) is 0 Å². The van der Waals surface area contributed by atoms with Gasteiger partial charge in [0, 0.05) is 22.6 Å². The molecule has 5 heteroatoms. The summed E-state index contributed by atoms with van der Waals surface area (Å²) in [5.41, 5.74) is 1.04. The molecule has 3 nitrogen and oxygen atoms in total. The van der Waals surface area contributed by atoms with Gasteiger partial charge in [0.05, 0.1) is 11.8 Å². The minimum absolute atomic E-state index is 0.410. The van der Waals surface area contributed by atoms with E-state index in [1.807, 2.05) is 35.0 Å². The second kappa shape index (κ2) is 5.19. The largest absolute Gasteiger partial charge is 0.295 e. The van der Waals surface area contributed by atoms with Crippen LogP contribution in [0.3, 0.4) is 0 Å². The molecule has 2 rings (SSSR count). The molecule has 0 radical (unpaired) electrons. The van der Waals surface area contributed by atoms with Crippen LogP contribution >= 0.6 is 27.7 Å². The molecule has 0 spiro atoms. The predicted octanol–water partition coefficient (Wildman–Crippen LogP) is 3.25. The van der Waals surface area contributed by atoms with Gasteiger partial charge in [-0.05, 0) is 24.3 Å². The summed E-state index contributed by atoms with van der Waals surface area (Å²) in [7, 11) is 0. The highest BCUT2D eigenvalue weighted by Gasteiger charge is 2.04. The molecule has 0 saturated carbocycles. The van der Waals surface area contributed by atoms with E-state index in [2.05, 4.69) is 27.0 Å². The second-order valence-electron chi connectivity index (χ2n) is 3.00. The third-order valence-corrected chi connectivity index (χ3v) is 3.34. The first-order chi connectivity index (χ1) is 7.81. The van der Waals surface area contributed by atoms with Crippen LogP contribution in [0.2, 0.25) is 0 Å². The Morgan fingerprint density at radius 2 is 2.12 bits per heavy atom. The van der Waals surface area contributed by atoms with Crippen molar-refractivity contribution in [2.75, 3.05) is 5.75 Å². The van der Waals surface area contributed by atoms with Gasteiger partial charge in [-0.1, -0.05) is 27.7 Å². The number of halogens is 1. The summed E-state index contributed by atoms with van der Waals surface area (Å²) in [6.07, 6.45) is 3.63. The van der Waals surface area contributed by atoms with Crippen molar-refractivity contribution in [1.82, 2.24) is 9.55 Å². The van der Waals surface area contributed by atoms with Gasteiger partial charge >= 0.3 is 0 Å². The highest BCUT2D eigenvalue weighted by atomic mass is 79.9. The topological polar surface area (TPSA) is 41.6 Å². The van der Waals surface area contributed by atoms with E-state index >= 15 is 0 Å². The summed E-state index contributed by atoms with van der Waals surface area (Å²) in [4.78, 5) is 4.22. The van der Waals surface area contributed by atoms with Crippen molar-refractivity contribution in [2.45, 2.75) is 5.16 Å². The van der Waals surface area contributed by atoms with E-state index in [1.165, 1.54) is 11.8 Å². The Kier molecular flexibility index (Phi) is 3.65. The highest BCUT2D eigenvalue weighted by Crippen LogP contribution is 2.21. The van der Waals surface area contributed by atoms with E-state index in [0.717, 1.165) is 15.3 Å². The molecule has 1 aromatic carbocycles. The fourth-order valence-electron chi connectivity index (χ4n) is 1.29. The van der Waals surface area contributed by atoms with Crippen LogP contribution in [0.25, 0.3) is 5.69 Å². The lowest BCUT2D eigenvalue weighted by atomic mass is 10.3. The van der Waals surface area contributed by atoms with Crippen molar-refractivity contribution in [1.29, 1.82) is 5.26 Å². The molecule has 0 aliphatic rings. The van der Waals surface area contributed by atoms with E-state index in [9.17, 15) is 0 Å². The number of thioether (sulfide) groups is 1. The van der Waals surface area contributed by atoms with Crippen LogP contribution in [0, 0.1) is 11.3 Å². The van der Waals surface area contributed by atoms with E-state index in [0.29, 0.717) is 5.75 Å². The van der Waals surface area contributed by atoms with Gasteiger partial charge in [-0.25, -0.2) is 4.98 Å². The van der Waals surface area contributed by atoms with E-state index < -0.39 is 0 Å². The molecule has 1 aromatic heterocycles. The first-order valence-corrected chi connectivity index (χ1v) is 6.38. The number of benzene rings is 1. The fourth-order valence-corrected chi connectivity index (χ4v) is 2.19. The quantitative estimate of drug-likeness (QED) is 0.816. The Balaban J connectivity index is 2.30. The summed E-state index contributed by atoms with van der Waals surface area (Å²) in [5, 5.41) is 9.39. The Morgan fingerprint density at radius 1 is 1.38 bits per heavy atom. The Labute approximate surface area is 106 Å². The van der Waals surface area contributed by atoms with Gasteiger partial charge in [-0.15, -0.1) is 0 Å². The van der Waals surface area contributed by atoms with Crippen LogP contribution in [0.4, 0.5) is 0 Å². The SMILES string of the molecule is N#CCSc1nccn1-c1ccc(Br)cc1. The van der Waals surface area contributed by atoms with Crippen molar-refractivity contribution in [2.24, 2.45) is 0 Å². The predicted molar refractivity (Wildman–Crippen MR) is 67.6 cm³/mol. The molecular weight excluding hydrogens is 286 g/mol. The second-order valence-corrected chi connectivity index (χ2v) is 4.86. The first-order valence-electron chi connectivity index (χ1n) is 4.60. The van der Waals surface area contributed by atoms with Crippen molar-refractivity contribution in [3.63, 3.8) is 0 Å². The molecular formula is C11H8BrN3S. The Morgan fingerprint density at radius 3 is 2.81 bits per heavy atom. The van der Waals surface area contributed by atoms with Crippen LogP contribution in [0.15, 0.2) is 46.3 Å². The van der Waals surface area contributed by atoms with Crippen LogP contribution in [0.1, 0.15) is 0 Å². The van der Waals surface area contributed by atoms with Crippen LogP contribution < -0.4 is 0 Å². The van der Waals surface area contributed by atoms with Gasteiger partial charge in [0.2, 0.25) is 0 Å². The molecule has 0 fully saturated rings. The Hall–Kier alpha value is -1.25. The molecule has 0 saturated heterocycles. The molecule has 0 aliphatic carbocycles. The summed E-state index contributed by atoms with van der Waals surface area (Å²) in [6, 6.07) is 10.1. The normalized spacial score (nSPS) is 10.0. The van der Waals surface area contributed by atoms with Crippen molar-refractivity contribution in [3.05, 3.63) is 41.1 Å². The van der Waals surface area contributed by atoms with Gasteiger partial charge in [-0.3, -0.25) is 4.57 Å². The van der Waals surface area contributed by atoms with Gasteiger partial charge < -0.3 is 0 Å².